The minimum absolute atomic E-state index is 0.0894. The lowest BCUT2D eigenvalue weighted by molar-refractivity contribution is 0.231. The fourth-order valence-corrected chi connectivity index (χ4v) is 1.75. The van der Waals surface area contributed by atoms with Crippen LogP contribution in [-0.2, 0) is 0 Å². The highest BCUT2D eigenvalue weighted by molar-refractivity contribution is 5.73. The number of benzene rings is 1. The van der Waals surface area contributed by atoms with Crippen molar-refractivity contribution in [3.63, 3.8) is 0 Å². The molecule has 0 radical (unpaired) electrons. The van der Waals surface area contributed by atoms with Crippen LogP contribution in [0.15, 0.2) is 18.2 Å². The summed E-state index contributed by atoms with van der Waals surface area (Å²) in [6.07, 6.45) is 0. The predicted octanol–water partition coefficient (Wildman–Crippen LogP) is 3.03. The molecule has 1 aromatic carbocycles. The van der Waals surface area contributed by atoms with Crippen molar-refractivity contribution in [2.75, 3.05) is 19.7 Å². The first-order chi connectivity index (χ1) is 9.29. The second-order valence-electron chi connectivity index (χ2n) is 6.24. The molecule has 0 aliphatic rings. The van der Waals surface area contributed by atoms with Crippen molar-refractivity contribution in [1.82, 2.24) is 10.6 Å². The molecule has 0 unspecified atom stereocenters. The third-order valence-electron chi connectivity index (χ3n) is 2.82. The number of ether oxygens (including phenoxy) is 1. The van der Waals surface area contributed by atoms with Crippen LogP contribution in [0.5, 0.6) is 5.75 Å². The van der Waals surface area contributed by atoms with Gasteiger partial charge in [-0.05, 0) is 30.4 Å². The molecule has 2 N–H and O–H groups in total. The maximum Gasteiger partial charge on any atom is 0.314 e. The lowest BCUT2D eigenvalue weighted by Crippen LogP contribution is -2.41. The van der Waals surface area contributed by atoms with Crippen molar-refractivity contribution in [3.8, 4) is 5.75 Å². The fraction of sp³-hybridized carbons (Fsp3) is 0.562. The maximum atomic E-state index is 11.6. The molecule has 0 aliphatic heterocycles. The van der Waals surface area contributed by atoms with E-state index in [1.807, 2.05) is 32.0 Å². The monoisotopic (exact) mass is 278 g/mol. The molecule has 0 spiro atoms. The molecule has 0 saturated heterocycles. The summed E-state index contributed by atoms with van der Waals surface area (Å²) in [4.78, 5) is 11.6. The van der Waals surface area contributed by atoms with Gasteiger partial charge in [0, 0.05) is 6.54 Å². The molecule has 4 heteroatoms. The average molecular weight is 278 g/mol. The lowest BCUT2D eigenvalue weighted by atomic mass is 9.97. The van der Waals surface area contributed by atoms with Crippen LogP contribution in [0.2, 0.25) is 0 Å². The van der Waals surface area contributed by atoms with Gasteiger partial charge in [0.1, 0.15) is 12.4 Å². The van der Waals surface area contributed by atoms with Crippen molar-refractivity contribution < 1.29 is 9.53 Å². The van der Waals surface area contributed by atoms with E-state index in [1.54, 1.807) is 0 Å². The molecule has 20 heavy (non-hydrogen) atoms. The van der Waals surface area contributed by atoms with Gasteiger partial charge in [-0.3, -0.25) is 0 Å². The largest absolute Gasteiger partial charge is 0.491 e. The molecule has 0 bridgehead atoms. The maximum absolute atomic E-state index is 11.6. The molecule has 2 amide bonds. The number of hydrogen-bond acceptors (Lipinski definition) is 2. The quantitative estimate of drug-likeness (QED) is 0.813. The van der Waals surface area contributed by atoms with E-state index in [1.165, 1.54) is 0 Å². The van der Waals surface area contributed by atoms with Crippen LogP contribution in [0.1, 0.15) is 31.9 Å². The minimum atomic E-state index is -0.148. The number of hydrogen-bond donors (Lipinski definition) is 2. The SMILES string of the molecule is Cc1cccc(C)c1OCCNC(=O)NCC(C)(C)C. The van der Waals surface area contributed by atoms with Gasteiger partial charge in [0.05, 0.1) is 6.54 Å². The van der Waals surface area contributed by atoms with E-state index >= 15 is 0 Å². The van der Waals surface area contributed by atoms with E-state index in [0.717, 1.165) is 16.9 Å². The Morgan fingerprint density at radius 3 is 2.30 bits per heavy atom. The lowest BCUT2D eigenvalue weighted by Gasteiger charge is -2.19. The van der Waals surface area contributed by atoms with Crippen LogP contribution in [0.4, 0.5) is 4.79 Å². The molecule has 1 aromatic rings. The molecule has 0 heterocycles. The zero-order valence-corrected chi connectivity index (χ0v) is 13.2. The van der Waals surface area contributed by atoms with Gasteiger partial charge < -0.3 is 15.4 Å². The summed E-state index contributed by atoms with van der Waals surface area (Å²) >= 11 is 0. The second kappa shape index (κ2) is 7.17. The first-order valence-electron chi connectivity index (χ1n) is 7.00. The van der Waals surface area contributed by atoms with Gasteiger partial charge in [0.15, 0.2) is 0 Å². The van der Waals surface area contributed by atoms with E-state index in [9.17, 15) is 4.79 Å². The summed E-state index contributed by atoms with van der Waals surface area (Å²) in [6, 6.07) is 5.90. The summed E-state index contributed by atoms with van der Waals surface area (Å²) in [5.74, 6) is 0.907. The third kappa shape index (κ3) is 5.95. The molecule has 4 nitrogen and oxygen atoms in total. The van der Waals surface area contributed by atoms with Crippen molar-refractivity contribution in [3.05, 3.63) is 29.3 Å². The molecule has 1 rings (SSSR count). The Hall–Kier alpha value is -1.71. The van der Waals surface area contributed by atoms with Crippen LogP contribution in [0.3, 0.4) is 0 Å². The summed E-state index contributed by atoms with van der Waals surface area (Å²) in [6.45, 7) is 11.9. The van der Waals surface area contributed by atoms with Gasteiger partial charge in [0.2, 0.25) is 0 Å². The Balaban J connectivity index is 2.27. The summed E-state index contributed by atoms with van der Waals surface area (Å²) in [5, 5.41) is 5.63. The van der Waals surface area contributed by atoms with Crippen LogP contribution in [-0.4, -0.2) is 25.7 Å². The Morgan fingerprint density at radius 2 is 1.75 bits per heavy atom. The number of aryl methyl sites for hydroxylation is 2. The Kier molecular flexibility index (Phi) is 5.86. The van der Waals surface area contributed by atoms with Crippen molar-refractivity contribution in [2.45, 2.75) is 34.6 Å². The fourth-order valence-electron chi connectivity index (χ4n) is 1.75. The van der Waals surface area contributed by atoms with Crippen LogP contribution in [0.25, 0.3) is 0 Å². The third-order valence-corrected chi connectivity index (χ3v) is 2.82. The van der Waals surface area contributed by atoms with E-state index in [4.69, 9.17) is 4.74 Å². The normalized spacial score (nSPS) is 11.1. The standard InChI is InChI=1S/C16H26N2O2/c1-12-7-6-8-13(2)14(12)20-10-9-17-15(19)18-11-16(3,4)5/h6-8H,9-11H2,1-5H3,(H2,17,18,19). The Labute approximate surface area is 121 Å². The second-order valence-corrected chi connectivity index (χ2v) is 6.24. The topological polar surface area (TPSA) is 50.4 Å². The highest BCUT2D eigenvalue weighted by Gasteiger charge is 2.11. The Morgan fingerprint density at radius 1 is 1.15 bits per heavy atom. The highest BCUT2D eigenvalue weighted by atomic mass is 16.5. The smallest absolute Gasteiger partial charge is 0.314 e. The number of amides is 2. The molecule has 0 atom stereocenters. The van der Waals surface area contributed by atoms with Crippen molar-refractivity contribution >= 4 is 6.03 Å². The predicted molar refractivity (Wildman–Crippen MR) is 82.3 cm³/mol. The van der Waals surface area contributed by atoms with Gasteiger partial charge in [-0.25, -0.2) is 4.79 Å². The molecule has 0 saturated carbocycles. The minimum Gasteiger partial charge on any atom is -0.491 e. The van der Waals surface area contributed by atoms with Gasteiger partial charge in [-0.2, -0.15) is 0 Å². The summed E-state index contributed by atoms with van der Waals surface area (Å²) in [5.41, 5.74) is 2.32. The van der Waals surface area contributed by atoms with Crippen molar-refractivity contribution in [2.24, 2.45) is 5.41 Å². The number of carbonyl (C=O) groups is 1. The molecular weight excluding hydrogens is 252 g/mol. The number of rotatable bonds is 5. The van der Waals surface area contributed by atoms with Crippen LogP contribution < -0.4 is 15.4 Å². The van der Waals surface area contributed by atoms with E-state index < -0.39 is 0 Å². The van der Waals surface area contributed by atoms with E-state index in [2.05, 4.69) is 31.4 Å². The highest BCUT2D eigenvalue weighted by Crippen LogP contribution is 2.21. The molecule has 0 fully saturated rings. The van der Waals surface area contributed by atoms with Crippen molar-refractivity contribution in [1.29, 1.82) is 0 Å². The average Bonchev–Trinajstić information content (AvgIpc) is 2.34. The first kappa shape index (κ1) is 16.3. The number of carbonyl (C=O) groups excluding carboxylic acids is 1. The van der Waals surface area contributed by atoms with Gasteiger partial charge >= 0.3 is 6.03 Å². The summed E-state index contributed by atoms with van der Waals surface area (Å²) in [7, 11) is 0. The molecular formula is C16H26N2O2. The molecule has 112 valence electrons. The summed E-state index contributed by atoms with van der Waals surface area (Å²) < 4.78 is 5.72. The first-order valence-corrected chi connectivity index (χ1v) is 7.00. The van der Waals surface area contributed by atoms with E-state index in [0.29, 0.717) is 19.7 Å². The molecule has 0 aromatic heterocycles. The number of para-hydroxylation sites is 1. The van der Waals surface area contributed by atoms with Gasteiger partial charge in [-0.1, -0.05) is 39.0 Å². The number of urea groups is 1. The zero-order chi connectivity index (χ0) is 15.2. The van der Waals surface area contributed by atoms with Crippen LogP contribution >= 0.6 is 0 Å². The zero-order valence-electron chi connectivity index (χ0n) is 13.2. The number of nitrogens with one attached hydrogen (secondary N) is 2. The van der Waals surface area contributed by atoms with Crippen LogP contribution in [0, 0.1) is 19.3 Å². The van der Waals surface area contributed by atoms with Gasteiger partial charge in [-0.15, -0.1) is 0 Å². The van der Waals surface area contributed by atoms with Gasteiger partial charge in [0.25, 0.3) is 0 Å². The molecule has 0 aliphatic carbocycles. The van der Waals surface area contributed by atoms with E-state index in [-0.39, 0.29) is 11.4 Å². The Bertz CT molecular complexity index is 430.